The van der Waals surface area contributed by atoms with E-state index in [-0.39, 0.29) is 16.7 Å². The van der Waals surface area contributed by atoms with Gasteiger partial charge in [-0.3, -0.25) is 14.9 Å². The predicted molar refractivity (Wildman–Crippen MR) is 116 cm³/mol. The molecule has 0 N–H and O–H groups in total. The molecule has 1 aromatic carbocycles. The highest BCUT2D eigenvalue weighted by atomic mass is 35.5. The van der Waals surface area contributed by atoms with E-state index in [9.17, 15) is 14.9 Å². The number of aryl methyl sites for hydroxylation is 1. The molecular weight excluding hydrogens is 445 g/mol. The maximum atomic E-state index is 13.3. The molecule has 11 heteroatoms. The van der Waals surface area contributed by atoms with Crippen LogP contribution in [0.1, 0.15) is 16.1 Å². The van der Waals surface area contributed by atoms with E-state index in [4.69, 9.17) is 27.7 Å². The van der Waals surface area contributed by atoms with Crippen molar-refractivity contribution in [2.75, 3.05) is 31.1 Å². The van der Waals surface area contributed by atoms with E-state index in [1.54, 1.807) is 36.2 Å². The van der Waals surface area contributed by atoms with Crippen LogP contribution < -0.4 is 4.90 Å². The number of nitro benzene ring substituents is 1. The maximum Gasteiger partial charge on any atom is 0.271 e. The SMILES string of the molecule is Cc1onc(-c2cccnc2Cl)c1C(=O)N1CCN(c2ccc([N+](=O)[O-])cc2Cl)CC1. The molecule has 0 aliphatic carbocycles. The lowest BCUT2D eigenvalue weighted by Crippen LogP contribution is -2.49. The zero-order valence-electron chi connectivity index (χ0n) is 16.4. The smallest absolute Gasteiger partial charge is 0.271 e. The number of carbonyl (C=O) groups excluding carboxylic acids is 1. The van der Waals surface area contributed by atoms with E-state index in [0.717, 1.165) is 0 Å². The molecular formula is C20H17Cl2N5O4. The Bertz CT molecular complexity index is 1160. The van der Waals surface area contributed by atoms with Crippen molar-refractivity contribution in [2.24, 2.45) is 0 Å². The number of hydrogen-bond acceptors (Lipinski definition) is 7. The van der Waals surface area contributed by atoms with E-state index in [2.05, 4.69) is 10.1 Å². The van der Waals surface area contributed by atoms with Gasteiger partial charge in [0.15, 0.2) is 0 Å². The largest absolute Gasteiger partial charge is 0.367 e. The van der Waals surface area contributed by atoms with Crippen molar-refractivity contribution >= 4 is 40.5 Å². The molecule has 1 amide bonds. The quantitative estimate of drug-likeness (QED) is 0.325. The molecule has 3 heterocycles. The van der Waals surface area contributed by atoms with Gasteiger partial charge in [-0.1, -0.05) is 28.4 Å². The Morgan fingerprint density at radius 1 is 1.19 bits per heavy atom. The van der Waals surface area contributed by atoms with Crippen molar-refractivity contribution in [2.45, 2.75) is 6.92 Å². The zero-order chi connectivity index (χ0) is 22.1. The molecule has 1 fully saturated rings. The Morgan fingerprint density at radius 3 is 2.58 bits per heavy atom. The molecule has 0 spiro atoms. The van der Waals surface area contributed by atoms with Crippen molar-refractivity contribution < 1.29 is 14.2 Å². The van der Waals surface area contributed by atoms with Gasteiger partial charge in [0, 0.05) is 50.1 Å². The lowest BCUT2D eigenvalue weighted by Gasteiger charge is -2.36. The van der Waals surface area contributed by atoms with Crippen molar-refractivity contribution in [1.29, 1.82) is 0 Å². The summed E-state index contributed by atoms with van der Waals surface area (Å²) in [5, 5.41) is 15.5. The fraction of sp³-hybridized carbons (Fsp3) is 0.250. The molecule has 0 radical (unpaired) electrons. The van der Waals surface area contributed by atoms with E-state index >= 15 is 0 Å². The Balaban J connectivity index is 1.52. The first-order valence-electron chi connectivity index (χ1n) is 9.42. The van der Waals surface area contributed by atoms with Gasteiger partial charge in [-0.15, -0.1) is 0 Å². The average Bonchev–Trinajstić information content (AvgIpc) is 3.14. The zero-order valence-corrected chi connectivity index (χ0v) is 17.9. The first-order valence-corrected chi connectivity index (χ1v) is 10.2. The van der Waals surface area contributed by atoms with Crippen molar-refractivity contribution in [1.82, 2.24) is 15.0 Å². The van der Waals surface area contributed by atoms with E-state index in [1.807, 2.05) is 4.90 Å². The lowest BCUT2D eigenvalue weighted by atomic mass is 10.1. The number of nitrogens with zero attached hydrogens (tertiary/aromatic N) is 5. The minimum atomic E-state index is -0.486. The summed E-state index contributed by atoms with van der Waals surface area (Å²) in [6.45, 7) is 3.61. The van der Waals surface area contributed by atoms with Gasteiger partial charge in [0.2, 0.25) is 0 Å². The molecule has 0 bridgehead atoms. The normalized spacial score (nSPS) is 14.0. The highest BCUT2D eigenvalue weighted by Gasteiger charge is 2.30. The second kappa shape index (κ2) is 8.52. The van der Waals surface area contributed by atoms with Crippen LogP contribution in [0, 0.1) is 17.0 Å². The second-order valence-electron chi connectivity index (χ2n) is 6.98. The number of rotatable bonds is 4. The molecule has 1 aliphatic rings. The number of anilines is 1. The molecule has 3 aromatic rings. The van der Waals surface area contributed by atoms with Crippen LogP contribution in [0.3, 0.4) is 0 Å². The van der Waals surface area contributed by atoms with Crippen LogP contribution in [0.15, 0.2) is 41.1 Å². The third-order valence-corrected chi connectivity index (χ3v) is 5.74. The topological polar surface area (TPSA) is 106 Å². The average molecular weight is 462 g/mol. The summed E-state index contributed by atoms with van der Waals surface area (Å²) in [7, 11) is 0. The van der Waals surface area contributed by atoms with Gasteiger partial charge in [-0.2, -0.15) is 0 Å². The number of nitro groups is 1. The third-order valence-electron chi connectivity index (χ3n) is 5.14. The molecule has 2 aromatic heterocycles. The van der Waals surface area contributed by atoms with Gasteiger partial charge in [0.1, 0.15) is 22.2 Å². The van der Waals surface area contributed by atoms with Crippen LogP contribution >= 0.6 is 23.2 Å². The van der Waals surface area contributed by atoms with Crippen LogP contribution in [0.4, 0.5) is 11.4 Å². The van der Waals surface area contributed by atoms with E-state index in [1.165, 1.54) is 12.1 Å². The number of aromatic nitrogens is 2. The Kier molecular flexibility index (Phi) is 5.79. The first-order chi connectivity index (χ1) is 14.9. The Labute approximate surface area is 187 Å². The van der Waals surface area contributed by atoms with Crippen LogP contribution in [0.25, 0.3) is 11.3 Å². The number of piperazine rings is 1. The summed E-state index contributed by atoms with van der Waals surface area (Å²) in [5.41, 5.74) is 1.88. The third kappa shape index (κ3) is 4.06. The summed E-state index contributed by atoms with van der Waals surface area (Å²) in [6.07, 6.45) is 1.56. The molecule has 1 saturated heterocycles. The predicted octanol–water partition coefficient (Wildman–Crippen LogP) is 4.22. The molecule has 1 aliphatic heterocycles. The summed E-state index contributed by atoms with van der Waals surface area (Å²) in [4.78, 5) is 31.4. The Hall–Kier alpha value is -3.17. The molecule has 0 saturated carbocycles. The summed E-state index contributed by atoms with van der Waals surface area (Å²) < 4.78 is 5.29. The fourth-order valence-electron chi connectivity index (χ4n) is 3.54. The van der Waals surface area contributed by atoms with Crippen LogP contribution in [0.2, 0.25) is 10.2 Å². The number of amides is 1. The molecule has 0 unspecified atom stereocenters. The van der Waals surface area contributed by atoms with Gasteiger partial charge >= 0.3 is 0 Å². The van der Waals surface area contributed by atoms with Crippen molar-refractivity contribution in [3.63, 3.8) is 0 Å². The second-order valence-corrected chi connectivity index (χ2v) is 7.74. The highest BCUT2D eigenvalue weighted by molar-refractivity contribution is 6.33. The van der Waals surface area contributed by atoms with Crippen molar-refractivity contribution in [3.05, 3.63) is 68.1 Å². The maximum absolute atomic E-state index is 13.3. The van der Waals surface area contributed by atoms with Gasteiger partial charge in [0.25, 0.3) is 11.6 Å². The minimum absolute atomic E-state index is 0.0629. The lowest BCUT2D eigenvalue weighted by molar-refractivity contribution is -0.384. The fourth-order valence-corrected chi connectivity index (χ4v) is 4.05. The van der Waals surface area contributed by atoms with Gasteiger partial charge in [0.05, 0.1) is 15.6 Å². The van der Waals surface area contributed by atoms with Crippen LogP contribution in [-0.4, -0.2) is 52.1 Å². The monoisotopic (exact) mass is 461 g/mol. The summed E-state index contributed by atoms with van der Waals surface area (Å²) >= 11 is 12.4. The molecule has 31 heavy (non-hydrogen) atoms. The number of hydrogen-bond donors (Lipinski definition) is 0. The van der Waals surface area contributed by atoms with Gasteiger partial charge < -0.3 is 14.3 Å². The molecule has 160 valence electrons. The van der Waals surface area contributed by atoms with Crippen LogP contribution in [0.5, 0.6) is 0 Å². The van der Waals surface area contributed by atoms with E-state index < -0.39 is 4.92 Å². The number of halogens is 2. The summed E-state index contributed by atoms with van der Waals surface area (Å²) in [6, 6.07) is 7.83. The van der Waals surface area contributed by atoms with Gasteiger partial charge in [-0.05, 0) is 25.1 Å². The molecule has 4 rings (SSSR count). The first kappa shape index (κ1) is 21.1. The Morgan fingerprint density at radius 2 is 1.94 bits per heavy atom. The van der Waals surface area contributed by atoms with Crippen molar-refractivity contribution in [3.8, 4) is 11.3 Å². The molecule has 0 atom stereocenters. The summed E-state index contributed by atoms with van der Waals surface area (Å²) in [5.74, 6) is 0.198. The number of non-ortho nitro benzene ring substituents is 1. The minimum Gasteiger partial charge on any atom is -0.367 e. The highest BCUT2D eigenvalue weighted by Crippen LogP contribution is 2.32. The number of pyridine rings is 1. The molecule has 9 nitrogen and oxygen atoms in total. The van der Waals surface area contributed by atoms with Crippen LogP contribution in [-0.2, 0) is 0 Å². The van der Waals surface area contributed by atoms with Gasteiger partial charge in [-0.25, -0.2) is 4.98 Å². The number of benzene rings is 1. The standard InChI is InChI=1S/C20H17Cl2N5O4/c1-12-17(18(24-31-12)14-3-2-6-23-19(14)22)20(28)26-9-7-25(8-10-26)16-5-4-13(27(29)30)11-15(16)21/h2-6,11H,7-10H2,1H3. The number of carbonyl (C=O) groups is 1. The van der Waals surface area contributed by atoms with E-state index in [0.29, 0.717) is 59.5 Å².